The van der Waals surface area contributed by atoms with Gasteiger partial charge >= 0.3 is 5.97 Å². The lowest BCUT2D eigenvalue weighted by Crippen LogP contribution is -2.25. The van der Waals surface area contributed by atoms with Crippen LogP contribution in [0, 0.1) is 11.8 Å². The number of allylic oxidation sites excluding steroid dienone is 3. The number of ether oxygens (including phenoxy) is 1. The molecule has 0 saturated heterocycles. The van der Waals surface area contributed by atoms with Crippen molar-refractivity contribution in [1.82, 2.24) is 0 Å². The third-order valence-electron chi connectivity index (χ3n) is 4.27. The third kappa shape index (κ3) is 9.02. The highest BCUT2D eigenvalue weighted by Gasteiger charge is 2.24. The first-order chi connectivity index (χ1) is 9.72. The molecule has 0 radical (unpaired) electrons. The average Bonchev–Trinajstić information content (AvgIpc) is 2.44. The van der Waals surface area contributed by atoms with Gasteiger partial charge in [-0.25, -0.2) is 4.79 Å². The molecule has 0 rings (SSSR count). The van der Waals surface area contributed by atoms with Crippen LogP contribution in [0.3, 0.4) is 0 Å². The van der Waals surface area contributed by atoms with Crippen LogP contribution in [0.5, 0.6) is 0 Å². The molecule has 0 aromatic carbocycles. The molecular formula is C18H32O2S. The van der Waals surface area contributed by atoms with Gasteiger partial charge in [-0.1, -0.05) is 46.3 Å². The normalized spacial score (nSPS) is 16.0. The van der Waals surface area contributed by atoms with Crippen LogP contribution in [0.4, 0.5) is 0 Å². The number of rotatable bonds is 9. The molecule has 0 aliphatic carbocycles. The van der Waals surface area contributed by atoms with E-state index >= 15 is 0 Å². The van der Waals surface area contributed by atoms with Gasteiger partial charge in [0.05, 0.1) is 7.11 Å². The molecule has 3 heteroatoms. The molecule has 0 saturated carbocycles. The predicted octanol–water partition coefficient (Wildman–Crippen LogP) is 5.25. The molecule has 2 unspecified atom stereocenters. The number of hydrogen-bond acceptors (Lipinski definition) is 3. The molecule has 122 valence electrons. The highest BCUT2D eigenvalue weighted by Crippen LogP contribution is 2.34. The van der Waals surface area contributed by atoms with E-state index in [4.69, 9.17) is 0 Å². The van der Waals surface area contributed by atoms with E-state index in [9.17, 15) is 4.79 Å². The Labute approximate surface area is 135 Å². The van der Waals surface area contributed by atoms with Gasteiger partial charge in [0.15, 0.2) is 0 Å². The van der Waals surface area contributed by atoms with Crippen molar-refractivity contribution in [2.24, 2.45) is 11.8 Å². The lowest BCUT2D eigenvalue weighted by molar-refractivity contribution is -0.134. The zero-order chi connectivity index (χ0) is 16.5. The van der Waals surface area contributed by atoms with Crippen LogP contribution in [-0.2, 0) is 9.53 Å². The molecule has 0 aliphatic rings. The van der Waals surface area contributed by atoms with Crippen molar-refractivity contribution in [3.05, 3.63) is 23.8 Å². The Balaban J connectivity index is 4.14. The van der Waals surface area contributed by atoms with Gasteiger partial charge in [0.1, 0.15) is 0 Å². The SMILES string of the molecule is COC(=O)C=C(C)C=CCC(C)CCC(C)C(C)(C)SC. The molecule has 0 N–H and O–H groups in total. The van der Waals surface area contributed by atoms with Crippen molar-refractivity contribution in [3.63, 3.8) is 0 Å². The van der Waals surface area contributed by atoms with E-state index in [1.54, 1.807) is 0 Å². The van der Waals surface area contributed by atoms with Crippen molar-refractivity contribution in [1.29, 1.82) is 0 Å². The number of thioether (sulfide) groups is 1. The van der Waals surface area contributed by atoms with Crippen LogP contribution in [0.1, 0.15) is 53.9 Å². The molecule has 0 amide bonds. The maximum Gasteiger partial charge on any atom is 0.330 e. The Bertz CT molecular complexity index is 369. The number of carbonyl (C=O) groups excluding carboxylic acids is 1. The second-order valence-corrected chi connectivity index (χ2v) is 7.90. The summed E-state index contributed by atoms with van der Waals surface area (Å²) in [5.74, 6) is 1.10. The minimum absolute atomic E-state index is 0.293. The van der Waals surface area contributed by atoms with Gasteiger partial charge in [0.25, 0.3) is 0 Å². The van der Waals surface area contributed by atoms with E-state index < -0.39 is 0 Å². The average molecular weight is 313 g/mol. The summed E-state index contributed by atoms with van der Waals surface area (Å²) >= 11 is 1.95. The lowest BCUT2D eigenvalue weighted by Gasteiger charge is -2.30. The molecule has 0 heterocycles. The summed E-state index contributed by atoms with van der Waals surface area (Å²) in [7, 11) is 1.40. The summed E-state index contributed by atoms with van der Waals surface area (Å²) in [6.45, 7) is 11.2. The van der Waals surface area contributed by atoms with Gasteiger partial charge in [-0.05, 0) is 43.4 Å². The molecule has 2 nitrogen and oxygen atoms in total. The Morgan fingerprint density at radius 3 is 2.43 bits per heavy atom. The van der Waals surface area contributed by atoms with E-state index in [0.717, 1.165) is 17.9 Å². The van der Waals surface area contributed by atoms with Gasteiger partial charge in [-0.2, -0.15) is 11.8 Å². The highest BCUT2D eigenvalue weighted by atomic mass is 32.2. The summed E-state index contributed by atoms with van der Waals surface area (Å²) in [4.78, 5) is 11.1. The maximum absolute atomic E-state index is 11.1. The summed E-state index contributed by atoms with van der Waals surface area (Å²) in [6.07, 6.45) is 11.4. The Morgan fingerprint density at radius 2 is 1.90 bits per heavy atom. The van der Waals surface area contributed by atoms with E-state index in [2.05, 4.69) is 44.8 Å². The standard InChI is InChI=1S/C18H32O2S/c1-14(11-12-16(3)18(4,5)21-7)9-8-10-15(2)13-17(19)20-6/h8,10,13-14,16H,9,11-12H2,1-7H3. The molecule has 2 atom stereocenters. The predicted molar refractivity (Wildman–Crippen MR) is 94.7 cm³/mol. The Hall–Kier alpha value is -0.700. The number of carbonyl (C=O) groups is 1. The monoisotopic (exact) mass is 312 g/mol. The smallest absolute Gasteiger partial charge is 0.330 e. The van der Waals surface area contributed by atoms with Gasteiger partial charge in [0.2, 0.25) is 0 Å². The Morgan fingerprint density at radius 1 is 1.29 bits per heavy atom. The molecule has 0 bridgehead atoms. The Kier molecular flexibility index (Phi) is 9.76. The van der Waals surface area contributed by atoms with Crippen LogP contribution in [0.25, 0.3) is 0 Å². The summed E-state index contributed by atoms with van der Waals surface area (Å²) in [5, 5.41) is 0. The van der Waals surface area contributed by atoms with Crippen molar-refractivity contribution < 1.29 is 9.53 Å². The zero-order valence-corrected chi connectivity index (χ0v) is 15.5. The van der Waals surface area contributed by atoms with Crippen molar-refractivity contribution in [3.8, 4) is 0 Å². The van der Waals surface area contributed by atoms with Gasteiger partial charge in [0, 0.05) is 10.8 Å². The van der Waals surface area contributed by atoms with Crippen LogP contribution in [0.15, 0.2) is 23.8 Å². The molecule has 21 heavy (non-hydrogen) atoms. The molecule has 0 aromatic heterocycles. The molecule has 0 spiro atoms. The molecule has 0 fully saturated rings. The highest BCUT2D eigenvalue weighted by molar-refractivity contribution is 7.99. The minimum atomic E-state index is -0.293. The fourth-order valence-electron chi connectivity index (χ4n) is 1.98. The third-order valence-corrected chi connectivity index (χ3v) is 5.73. The second-order valence-electron chi connectivity index (χ2n) is 6.44. The van der Waals surface area contributed by atoms with E-state index in [0.29, 0.717) is 10.7 Å². The van der Waals surface area contributed by atoms with Crippen LogP contribution < -0.4 is 0 Å². The van der Waals surface area contributed by atoms with Crippen molar-refractivity contribution >= 4 is 17.7 Å². The lowest BCUT2D eigenvalue weighted by atomic mass is 9.88. The van der Waals surface area contributed by atoms with Gasteiger partial charge in [-0.3, -0.25) is 0 Å². The number of esters is 1. The zero-order valence-electron chi connectivity index (χ0n) is 14.7. The summed E-state index contributed by atoms with van der Waals surface area (Å²) in [5.41, 5.74) is 0.936. The topological polar surface area (TPSA) is 26.3 Å². The largest absolute Gasteiger partial charge is 0.466 e. The first-order valence-electron chi connectivity index (χ1n) is 7.70. The number of methoxy groups -OCH3 is 1. The second kappa shape index (κ2) is 10.1. The van der Waals surface area contributed by atoms with E-state index in [-0.39, 0.29) is 5.97 Å². The summed E-state index contributed by atoms with van der Waals surface area (Å²) < 4.78 is 4.96. The van der Waals surface area contributed by atoms with Gasteiger partial charge < -0.3 is 4.74 Å². The minimum Gasteiger partial charge on any atom is -0.466 e. The first kappa shape index (κ1) is 20.3. The quantitative estimate of drug-likeness (QED) is 0.330. The van der Waals surface area contributed by atoms with Crippen LogP contribution in [0.2, 0.25) is 0 Å². The first-order valence-corrected chi connectivity index (χ1v) is 8.93. The molecule has 0 aliphatic heterocycles. The van der Waals surface area contributed by atoms with Crippen LogP contribution in [-0.4, -0.2) is 24.1 Å². The molecule has 0 aromatic rings. The van der Waals surface area contributed by atoms with Gasteiger partial charge in [-0.15, -0.1) is 0 Å². The van der Waals surface area contributed by atoms with Crippen molar-refractivity contribution in [2.45, 2.75) is 58.6 Å². The fraction of sp³-hybridized carbons (Fsp3) is 0.722. The molecular weight excluding hydrogens is 280 g/mol. The van der Waals surface area contributed by atoms with Crippen molar-refractivity contribution in [2.75, 3.05) is 13.4 Å². The maximum atomic E-state index is 11.1. The summed E-state index contributed by atoms with van der Waals surface area (Å²) in [6, 6.07) is 0. The van der Waals surface area contributed by atoms with Crippen LogP contribution >= 0.6 is 11.8 Å². The fourth-order valence-corrected chi connectivity index (χ4v) is 2.50. The number of hydrogen-bond donors (Lipinski definition) is 0. The van der Waals surface area contributed by atoms with E-state index in [1.165, 1.54) is 26.0 Å². The van der Waals surface area contributed by atoms with E-state index in [1.807, 2.05) is 24.8 Å².